The summed E-state index contributed by atoms with van der Waals surface area (Å²) in [5.74, 6) is 0.965. The van der Waals surface area contributed by atoms with Crippen LogP contribution in [0.15, 0.2) is 59.6 Å². The molecule has 5 nitrogen and oxygen atoms in total. The fourth-order valence-corrected chi connectivity index (χ4v) is 5.30. The zero-order chi connectivity index (χ0) is 27.5. The average Bonchev–Trinajstić information content (AvgIpc) is 3.45. The number of ether oxygens (including phenoxy) is 2. The van der Waals surface area contributed by atoms with Gasteiger partial charge in [0, 0.05) is 11.6 Å². The highest BCUT2D eigenvalue weighted by Gasteiger charge is 2.12. The lowest BCUT2D eigenvalue weighted by atomic mass is 10.1. The molecule has 0 aliphatic rings. The predicted octanol–water partition coefficient (Wildman–Crippen LogP) is 5.84. The number of hydrogen-bond donors (Lipinski definition) is 1. The van der Waals surface area contributed by atoms with Gasteiger partial charge in [-0.3, -0.25) is 4.79 Å². The molecule has 0 bridgehead atoms. The number of nitrogens with zero attached hydrogens (tertiary/aromatic N) is 1. The fraction of sp³-hybridized carbons (Fsp3) is 0.500. The van der Waals surface area contributed by atoms with E-state index in [0.717, 1.165) is 17.7 Å². The molecule has 3 rings (SSSR count). The van der Waals surface area contributed by atoms with Crippen molar-refractivity contribution in [1.29, 1.82) is 0 Å². The van der Waals surface area contributed by atoms with Gasteiger partial charge >= 0.3 is 0 Å². The highest BCUT2D eigenvalue weighted by molar-refractivity contribution is 7.07. The average molecular weight is 652 g/mol. The number of hydrogen-bond acceptors (Lipinski definition) is 4. The second-order valence-corrected chi connectivity index (χ2v) is 11.2. The molecule has 1 amide bonds. The van der Waals surface area contributed by atoms with Gasteiger partial charge in [0.1, 0.15) is 11.5 Å². The van der Waals surface area contributed by atoms with Gasteiger partial charge in [0.2, 0.25) is 5.51 Å². The third-order valence-corrected chi connectivity index (χ3v) is 7.67. The van der Waals surface area contributed by atoms with Crippen LogP contribution in [0.2, 0.25) is 5.02 Å². The summed E-state index contributed by atoms with van der Waals surface area (Å²) in [6, 6.07) is 13.1. The molecule has 0 unspecified atom stereocenters. The van der Waals surface area contributed by atoms with Crippen LogP contribution in [0.3, 0.4) is 0 Å². The topological polar surface area (TPSA) is 51.4 Å². The number of carbonyl (C=O) groups is 1. The molecule has 0 saturated heterocycles. The van der Waals surface area contributed by atoms with E-state index >= 15 is 0 Å². The third kappa shape index (κ3) is 13.5. The van der Waals surface area contributed by atoms with E-state index in [0.29, 0.717) is 29.7 Å². The predicted molar refractivity (Wildman–Crippen MR) is 162 cm³/mol. The number of thiazole rings is 1. The molecule has 8 heteroatoms. The van der Waals surface area contributed by atoms with Crippen molar-refractivity contribution in [2.75, 3.05) is 18.5 Å². The van der Waals surface area contributed by atoms with Crippen LogP contribution >= 0.6 is 22.9 Å². The Labute approximate surface area is 260 Å². The Morgan fingerprint density at radius 2 is 1.57 bits per heavy atom. The number of nitrogens with one attached hydrogen (secondary N) is 1. The molecule has 0 aliphatic heterocycles. The minimum Gasteiger partial charge on any atom is -1.00 e. The van der Waals surface area contributed by atoms with Crippen LogP contribution in [-0.4, -0.2) is 19.1 Å². The number of carbonyl (C=O) groups excluding carboxylic acids is 1. The Balaban J connectivity index is 0.00000560. The van der Waals surface area contributed by atoms with Crippen LogP contribution in [0, 0.1) is 0 Å². The Hall–Kier alpha value is -2.09. The van der Waals surface area contributed by atoms with Crippen molar-refractivity contribution in [1.82, 2.24) is 0 Å². The Kier molecular flexibility index (Phi) is 17.7. The maximum atomic E-state index is 12.5. The van der Waals surface area contributed by atoms with E-state index in [1.54, 1.807) is 23.5 Å². The number of rotatable bonds is 20. The van der Waals surface area contributed by atoms with Crippen molar-refractivity contribution in [3.05, 3.63) is 70.1 Å². The molecule has 3 aromatic rings. The van der Waals surface area contributed by atoms with Crippen molar-refractivity contribution >= 4 is 34.5 Å². The van der Waals surface area contributed by atoms with Gasteiger partial charge in [0.05, 0.1) is 22.7 Å². The van der Waals surface area contributed by atoms with Gasteiger partial charge in [-0.1, -0.05) is 119 Å². The molecule has 0 radical (unpaired) electrons. The van der Waals surface area contributed by atoms with Gasteiger partial charge in [-0.25, -0.2) is 0 Å². The lowest BCUT2D eigenvalue weighted by Gasteiger charge is -2.12. The van der Waals surface area contributed by atoms with E-state index in [9.17, 15) is 4.79 Å². The first-order chi connectivity index (χ1) is 19.2. The molecule has 0 fully saturated rings. The molecule has 1 heterocycles. The first-order valence-corrected chi connectivity index (χ1v) is 15.8. The third-order valence-electron chi connectivity index (χ3n) is 6.70. The molecule has 220 valence electrons. The molecule has 0 saturated carbocycles. The van der Waals surface area contributed by atoms with Gasteiger partial charge in [-0.15, -0.1) is 0 Å². The lowest BCUT2D eigenvalue weighted by molar-refractivity contribution is -0.683. The van der Waals surface area contributed by atoms with Crippen LogP contribution in [0.25, 0.3) is 0 Å². The summed E-state index contributed by atoms with van der Waals surface area (Å²) in [5.41, 5.74) is 3.86. The van der Waals surface area contributed by atoms with E-state index in [1.807, 2.05) is 47.4 Å². The van der Waals surface area contributed by atoms with E-state index in [-0.39, 0.29) is 29.5 Å². The van der Waals surface area contributed by atoms with Crippen molar-refractivity contribution < 1.29 is 35.8 Å². The van der Waals surface area contributed by atoms with Crippen molar-refractivity contribution in [3.8, 4) is 11.5 Å². The number of halogens is 2. The molecular formula is C32H44BrClN2O3S. The summed E-state index contributed by atoms with van der Waals surface area (Å²) in [4.78, 5) is 12.5. The van der Waals surface area contributed by atoms with Crippen LogP contribution in [-0.2, 0) is 11.3 Å². The molecule has 2 aromatic carbocycles. The van der Waals surface area contributed by atoms with Crippen molar-refractivity contribution in [3.63, 3.8) is 0 Å². The normalized spacial score (nSPS) is 10.7. The Bertz CT molecular complexity index is 1100. The summed E-state index contributed by atoms with van der Waals surface area (Å²) in [6.07, 6.45) is 17.8. The second kappa shape index (κ2) is 20.7. The van der Waals surface area contributed by atoms with Crippen LogP contribution in [0.4, 0.5) is 5.69 Å². The maximum Gasteiger partial charge on any atom is 0.262 e. The summed E-state index contributed by atoms with van der Waals surface area (Å²) in [5, 5.41) is 5.47. The van der Waals surface area contributed by atoms with Gasteiger partial charge in [-0.2, -0.15) is 4.57 Å². The van der Waals surface area contributed by atoms with Crippen LogP contribution in [0.5, 0.6) is 11.5 Å². The maximum absolute atomic E-state index is 12.5. The second-order valence-electron chi connectivity index (χ2n) is 10.0. The lowest BCUT2D eigenvalue weighted by Crippen LogP contribution is -3.00. The number of para-hydroxylation sites is 1. The zero-order valence-corrected chi connectivity index (χ0v) is 26.9. The monoisotopic (exact) mass is 650 g/mol. The summed E-state index contributed by atoms with van der Waals surface area (Å²) in [6.45, 7) is 3.51. The first kappa shape index (κ1) is 34.1. The van der Waals surface area contributed by atoms with Crippen LogP contribution < -0.4 is 36.3 Å². The van der Waals surface area contributed by atoms with Crippen molar-refractivity contribution in [2.24, 2.45) is 0 Å². The van der Waals surface area contributed by atoms with E-state index in [4.69, 9.17) is 21.1 Å². The van der Waals surface area contributed by atoms with Gasteiger partial charge in [-0.05, 0) is 24.6 Å². The Morgan fingerprint density at radius 1 is 0.900 bits per heavy atom. The largest absolute Gasteiger partial charge is 1.00 e. The molecule has 1 aromatic heterocycles. The first-order valence-electron chi connectivity index (χ1n) is 14.5. The van der Waals surface area contributed by atoms with E-state index < -0.39 is 0 Å². The van der Waals surface area contributed by atoms with E-state index in [2.05, 4.69) is 16.8 Å². The summed E-state index contributed by atoms with van der Waals surface area (Å²) in [7, 11) is 0. The fourth-order valence-electron chi connectivity index (χ4n) is 4.48. The Morgan fingerprint density at radius 3 is 2.23 bits per heavy atom. The minimum atomic E-state index is -0.221. The quantitative estimate of drug-likeness (QED) is 0.123. The molecule has 40 heavy (non-hydrogen) atoms. The number of unbranched alkanes of at least 4 members (excludes halogenated alkanes) is 11. The number of anilines is 1. The standard InChI is InChI=1S/C32H43ClN2O3S.BrH/c1-2-3-4-5-6-7-8-9-10-11-12-15-21-37-31-19-18-28(23-29(31)33)38-25-32(36)34-30-17-14-13-16-27(30)24-35-20-22-39-26-35;/h13-14,16-20,22-23,26H,2-12,15,21,24-25H2,1H3;1H. The summed E-state index contributed by atoms with van der Waals surface area (Å²) < 4.78 is 13.6. The zero-order valence-electron chi connectivity index (χ0n) is 23.7. The van der Waals surface area contributed by atoms with Gasteiger partial charge in [0.15, 0.2) is 19.3 Å². The number of aromatic nitrogens is 1. The molecular weight excluding hydrogens is 608 g/mol. The molecule has 0 aliphatic carbocycles. The van der Waals surface area contributed by atoms with Crippen LogP contribution in [0.1, 0.15) is 89.5 Å². The SMILES string of the molecule is CCCCCCCCCCCCCCOc1ccc(OCC(=O)Nc2ccccc2C[n+]2ccsc2)cc1Cl.[Br-]. The molecule has 0 atom stereocenters. The highest BCUT2D eigenvalue weighted by atomic mass is 79.9. The summed E-state index contributed by atoms with van der Waals surface area (Å²) >= 11 is 8.04. The van der Waals surface area contributed by atoms with Gasteiger partial charge < -0.3 is 31.8 Å². The molecule has 1 N–H and O–H groups in total. The minimum absolute atomic E-state index is 0. The molecule has 0 spiro atoms. The highest BCUT2D eigenvalue weighted by Crippen LogP contribution is 2.29. The van der Waals surface area contributed by atoms with Gasteiger partial charge in [0.25, 0.3) is 5.91 Å². The number of amides is 1. The number of benzene rings is 2. The van der Waals surface area contributed by atoms with E-state index in [1.165, 1.54) is 70.6 Å². The smallest absolute Gasteiger partial charge is 0.262 e. The van der Waals surface area contributed by atoms with Crippen molar-refractivity contribution in [2.45, 2.75) is 90.5 Å².